The van der Waals surface area contributed by atoms with Gasteiger partial charge < -0.3 is 10.4 Å². The number of aromatic carboxylic acids is 1. The van der Waals surface area contributed by atoms with E-state index >= 15 is 0 Å². The Morgan fingerprint density at radius 1 is 1.05 bits per heavy atom. The second-order valence-electron chi connectivity index (χ2n) is 3.56. The van der Waals surface area contributed by atoms with Gasteiger partial charge in [0.05, 0.1) is 18.0 Å². The Hall–Kier alpha value is -2.28. The highest BCUT2D eigenvalue weighted by Gasteiger charge is 2.08. The number of halogens is 1. The summed E-state index contributed by atoms with van der Waals surface area (Å²) in [5.74, 6) is -1.10. The predicted molar refractivity (Wildman–Crippen MR) is 71.1 cm³/mol. The van der Waals surface area contributed by atoms with E-state index in [1.54, 1.807) is 0 Å². The molecule has 6 nitrogen and oxygen atoms in total. The van der Waals surface area contributed by atoms with Crippen LogP contribution in [0.1, 0.15) is 20.7 Å². The van der Waals surface area contributed by atoms with E-state index in [0.29, 0.717) is 16.0 Å². The Labute approximate surface area is 116 Å². The highest BCUT2D eigenvalue weighted by atomic mass is 79.9. The summed E-state index contributed by atoms with van der Waals surface area (Å²) in [6.45, 7) is 0. The normalized spacial score (nSPS) is 9.95. The fourth-order valence-corrected chi connectivity index (χ4v) is 1.53. The Balaban J connectivity index is 2.11. The largest absolute Gasteiger partial charge is 0.478 e. The Bertz CT molecular complexity index is 611. The molecule has 0 aliphatic carbocycles. The molecule has 19 heavy (non-hydrogen) atoms. The minimum Gasteiger partial charge on any atom is -0.478 e. The number of carbonyl (C=O) groups excluding carboxylic acids is 1. The molecule has 0 radical (unpaired) electrons. The van der Waals surface area contributed by atoms with Crippen LogP contribution in [0.25, 0.3) is 0 Å². The average molecular weight is 322 g/mol. The zero-order valence-electron chi connectivity index (χ0n) is 9.50. The Morgan fingerprint density at radius 2 is 1.68 bits per heavy atom. The van der Waals surface area contributed by atoms with Gasteiger partial charge in [0.2, 0.25) is 0 Å². The van der Waals surface area contributed by atoms with Crippen LogP contribution in [0.4, 0.5) is 5.82 Å². The number of amides is 1. The van der Waals surface area contributed by atoms with Crippen molar-refractivity contribution in [2.24, 2.45) is 0 Å². The van der Waals surface area contributed by atoms with Crippen molar-refractivity contribution in [3.8, 4) is 0 Å². The maximum Gasteiger partial charge on any atom is 0.335 e. The lowest BCUT2D eigenvalue weighted by molar-refractivity contribution is 0.0696. The molecule has 1 heterocycles. The van der Waals surface area contributed by atoms with Gasteiger partial charge in [0.25, 0.3) is 5.91 Å². The van der Waals surface area contributed by atoms with Gasteiger partial charge in [0.1, 0.15) is 4.60 Å². The van der Waals surface area contributed by atoms with Crippen molar-refractivity contribution in [3.05, 3.63) is 52.4 Å². The summed E-state index contributed by atoms with van der Waals surface area (Å²) < 4.78 is 0.566. The van der Waals surface area contributed by atoms with E-state index in [-0.39, 0.29) is 11.5 Å². The zero-order valence-corrected chi connectivity index (χ0v) is 11.1. The molecule has 1 aromatic carbocycles. The first-order chi connectivity index (χ1) is 9.06. The molecule has 0 saturated heterocycles. The van der Waals surface area contributed by atoms with Crippen LogP contribution in [0.5, 0.6) is 0 Å². The van der Waals surface area contributed by atoms with E-state index in [2.05, 4.69) is 31.2 Å². The molecule has 2 rings (SSSR count). The Kier molecular flexibility index (Phi) is 3.86. The standard InChI is InChI=1S/C12H8BrN3O3/c13-9-5-15-10(6-14-9)16-11(17)7-1-3-8(4-2-7)12(18)19/h1-6H,(H,18,19)(H,15,16,17). The zero-order chi connectivity index (χ0) is 13.8. The molecule has 0 unspecified atom stereocenters. The first kappa shape index (κ1) is 13.2. The molecule has 0 fully saturated rings. The van der Waals surface area contributed by atoms with Crippen LogP contribution in [0.2, 0.25) is 0 Å². The smallest absolute Gasteiger partial charge is 0.335 e. The summed E-state index contributed by atoms with van der Waals surface area (Å²) >= 11 is 3.14. The lowest BCUT2D eigenvalue weighted by Crippen LogP contribution is -2.13. The highest BCUT2D eigenvalue weighted by Crippen LogP contribution is 2.09. The number of nitrogens with zero attached hydrogens (tertiary/aromatic N) is 2. The van der Waals surface area contributed by atoms with Crippen molar-refractivity contribution in [3.63, 3.8) is 0 Å². The van der Waals surface area contributed by atoms with E-state index in [1.807, 2.05) is 0 Å². The first-order valence-corrected chi connectivity index (χ1v) is 5.98. The maximum atomic E-state index is 11.8. The number of rotatable bonds is 3. The van der Waals surface area contributed by atoms with E-state index in [4.69, 9.17) is 5.11 Å². The van der Waals surface area contributed by atoms with Crippen LogP contribution in [0, 0.1) is 0 Å². The number of hydrogen-bond acceptors (Lipinski definition) is 4. The van der Waals surface area contributed by atoms with Crippen molar-refractivity contribution in [2.75, 3.05) is 5.32 Å². The molecule has 2 aromatic rings. The number of carboxylic acid groups (broad SMARTS) is 1. The van der Waals surface area contributed by atoms with Gasteiger partial charge in [-0.2, -0.15) is 0 Å². The van der Waals surface area contributed by atoms with Gasteiger partial charge in [0.15, 0.2) is 5.82 Å². The Morgan fingerprint density at radius 3 is 2.21 bits per heavy atom. The van der Waals surface area contributed by atoms with Crippen LogP contribution in [0.3, 0.4) is 0 Å². The summed E-state index contributed by atoms with van der Waals surface area (Å²) in [6.07, 6.45) is 2.87. The average Bonchev–Trinajstić information content (AvgIpc) is 2.41. The quantitative estimate of drug-likeness (QED) is 0.904. The lowest BCUT2D eigenvalue weighted by atomic mass is 10.1. The molecular formula is C12H8BrN3O3. The predicted octanol–water partition coefficient (Wildman–Crippen LogP) is 2.19. The fourth-order valence-electron chi connectivity index (χ4n) is 1.33. The van der Waals surface area contributed by atoms with Gasteiger partial charge in [0, 0.05) is 5.56 Å². The molecule has 1 amide bonds. The van der Waals surface area contributed by atoms with Crippen LogP contribution in [0.15, 0.2) is 41.3 Å². The molecule has 0 aliphatic heterocycles. The second-order valence-corrected chi connectivity index (χ2v) is 4.37. The first-order valence-electron chi connectivity index (χ1n) is 5.18. The monoisotopic (exact) mass is 321 g/mol. The van der Waals surface area contributed by atoms with Crippen molar-refractivity contribution >= 4 is 33.6 Å². The van der Waals surface area contributed by atoms with Crippen LogP contribution < -0.4 is 5.32 Å². The van der Waals surface area contributed by atoms with Gasteiger partial charge in [-0.1, -0.05) is 0 Å². The number of benzene rings is 1. The maximum absolute atomic E-state index is 11.8. The summed E-state index contributed by atoms with van der Waals surface area (Å²) in [5.41, 5.74) is 0.467. The molecule has 7 heteroatoms. The molecule has 96 valence electrons. The third-order valence-electron chi connectivity index (χ3n) is 2.26. The minimum absolute atomic E-state index is 0.125. The third kappa shape index (κ3) is 3.35. The lowest BCUT2D eigenvalue weighted by Gasteiger charge is -2.04. The van der Waals surface area contributed by atoms with Crippen molar-refractivity contribution in [1.82, 2.24) is 9.97 Å². The molecule has 0 bridgehead atoms. The van der Waals surface area contributed by atoms with E-state index < -0.39 is 5.97 Å². The molecular weight excluding hydrogens is 314 g/mol. The SMILES string of the molecule is O=C(O)c1ccc(C(=O)Nc2cnc(Br)cn2)cc1. The van der Waals surface area contributed by atoms with E-state index in [0.717, 1.165) is 0 Å². The molecule has 0 saturated carbocycles. The number of aromatic nitrogens is 2. The molecule has 0 spiro atoms. The molecule has 1 aromatic heterocycles. The van der Waals surface area contributed by atoms with E-state index in [9.17, 15) is 9.59 Å². The van der Waals surface area contributed by atoms with Crippen LogP contribution in [-0.2, 0) is 0 Å². The van der Waals surface area contributed by atoms with Crippen molar-refractivity contribution < 1.29 is 14.7 Å². The van der Waals surface area contributed by atoms with Crippen molar-refractivity contribution in [1.29, 1.82) is 0 Å². The second kappa shape index (κ2) is 5.57. The number of anilines is 1. The summed E-state index contributed by atoms with van der Waals surface area (Å²) in [7, 11) is 0. The minimum atomic E-state index is -1.04. The molecule has 2 N–H and O–H groups in total. The number of carbonyl (C=O) groups is 2. The fraction of sp³-hybridized carbons (Fsp3) is 0. The summed E-state index contributed by atoms with van der Waals surface area (Å²) in [6, 6.07) is 5.60. The number of nitrogens with one attached hydrogen (secondary N) is 1. The highest BCUT2D eigenvalue weighted by molar-refractivity contribution is 9.10. The molecule has 0 aliphatic rings. The number of carboxylic acids is 1. The summed E-state index contributed by atoms with van der Waals surface area (Å²) in [4.78, 5) is 30.4. The van der Waals surface area contributed by atoms with Crippen LogP contribution in [-0.4, -0.2) is 27.0 Å². The van der Waals surface area contributed by atoms with Gasteiger partial charge in [-0.15, -0.1) is 0 Å². The third-order valence-corrected chi connectivity index (χ3v) is 2.67. The van der Waals surface area contributed by atoms with Gasteiger partial charge >= 0.3 is 5.97 Å². The van der Waals surface area contributed by atoms with Gasteiger partial charge in [-0.05, 0) is 40.2 Å². The molecule has 0 atom stereocenters. The summed E-state index contributed by atoms with van der Waals surface area (Å²) in [5, 5.41) is 11.3. The van der Waals surface area contributed by atoms with Crippen LogP contribution >= 0.6 is 15.9 Å². The van der Waals surface area contributed by atoms with Crippen molar-refractivity contribution in [2.45, 2.75) is 0 Å². The van der Waals surface area contributed by atoms with Gasteiger partial charge in [-0.3, -0.25) is 4.79 Å². The van der Waals surface area contributed by atoms with E-state index in [1.165, 1.54) is 36.7 Å². The number of hydrogen-bond donors (Lipinski definition) is 2. The van der Waals surface area contributed by atoms with Gasteiger partial charge in [-0.25, -0.2) is 14.8 Å². The topological polar surface area (TPSA) is 92.2 Å².